The van der Waals surface area contributed by atoms with Gasteiger partial charge < -0.3 is 10.6 Å². The second-order valence-corrected chi connectivity index (χ2v) is 8.15. The third-order valence-electron chi connectivity index (χ3n) is 3.52. The first-order chi connectivity index (χ1) is 12.3. The lowest BCUT2D eigenvalue weighted by molar-refractivity contribution is -0.120. The van der Waals surface area contributed by atoms with Crippen molar-refractivity contribution in [2.24, 2.45) is 0 Å². The molecule has 0 saturated carbocycles. The number of hydrogen-bond acceptors (Lipinski definition) is 4. The van der Waals surface area contributed by atoms with Crippen LogP contribution in [0.15, 0.2) is 53.4 Å². The van der Waals surface area contributed by atoms with Crippen LogP contribution in [0.3, 0.4) is 0 Å². The van der Waals surface area contributed by atoms with Crippen molar-refractivity contribution in [3.63, 3.8) is 0 Å². The Morgan fingerprint density at radius 1 is 1.04 bits per heavy atom. The lowest BCUT2D eigenvalue weighted by Crippen LogP contribution is -2.28. The fourth-order valence-corrected chi connectivity index (χ4v) is 3.01. The van der Waals surface area contributed by atoms with Crippen LogP contribution in [0.4, 0.5) is 5.69 Å². The highest BCUT2D eigenvalue weighted by molar-refractivity contribution is 7.90. The molecule has 2 N–H and O–H groups in total. The van der Waals surface area contributed by atoms with Gasteiger partial charge in [-0.25, -0.2) is 8.42 Å². The molecular formula is C18H19ClN2O4S. The molecule has 0 aliphatic carbocycles. The zero-order valence-electron chi connectivity index (χ0n) is 14.2. The van der Waals surface area contributed by atoms with Crippen LogP contribution in [-0.2, 0) is 25.8 Å². The highest BCUT2D eigenvalue weighted by Crippen LogP contribution is 2.25. The zero-order chi connectivity index (χ0) is 19.2. The van der Waals surface area contributed by atoms with Gasteiger partial charge in [0.15, 0.2) is 9.84 Å². The van der Waals surface area contributed by atoms with Crippen molar-refractivity contribution in [1.82, 2.24) is 5.32 Å². The first-order valence-electron chi connectivity index (χ1n) is 7.86. The van der Waals surface area contributed by atoms with E-state index < -0.39 is 9.84 Å². The van der Waals surface area contributed by atoms with E-state index in [-0.39, 0.29) is 46.8 Å². The van der Waals surface area contributed by atoms with E-state index in [1.54, 1.807) is 0 Å². The van der Waals surface area contributed by atoms with E-state index >= 15 is 0 Å². The minimum Gasteiger partial charge on any atom is -0.355 e. The maximum atomic E-state index is 12.0. The summed E-state index contributed by atoms with van der Waals surface area (Å²) in [6.07, 6.45) is 1.36. The summed E-state index contributed by atoms with van der Waals surface area (Å²) in [5.41, 5.74) is 1.11. The molecule has 26 heavy (non-hydrogen) atoms. The summed E-state index contributed by atoms with van der Waals surface area (Å²) in [5.74, 6) is -0.557. The van der Waals surface area contributed by atoms with E-state index in [1.807, 2.05) is 30.3 Å². The molecule has 0 aliphatic heterocycles. The van der Waals surface area contributed by atoms with Gasteiger partial charge in [-0.1, -0.05) is 41.9 Å². The first kappa shape index (κ1) is 19.9. The molecule has 2 aromatic carbocycles. The van der Waals surface area contributed by atoms with Gasteiger partial charge in [-0.15, -0.1) is 0 Å². The summed E-state index contributed by atoms with van der Waals surface area (Å²) in [6, 6.07) is 13.4. The number of sulfone groups is 1. The van der Waals surface area contributed by atoms with Crippen LogP contribution in [-0.4, -0.2) is 33.0 Å². The van der Waals surface area contributed by atoms with Gasteiger partial charge >= 0.3 is 0 Å². The van der Waals surface area contributed by atoms with Gasteiger partial charge in [0.05, 0.1) is 22.0 Å². The molecule has 0 bridgehead atoms. The molecule has 0 saturated heterocycles. The second-order valence-electron chi connectivity index (χ2n) is 5.72. The first-order valence-corrected chi connectivity index (χ1v) is 10.1. The summed E-state index contributed by atoms with van der Waals surface area (Å²) in [5, 5.41) is 5.46. The Morgan fingerprint density at radius 2 is 1.73 bits per heavy atom. The van der Waals surface area contributed by atoms with Crippen LogP contribution < -0.4 is 10.6 Å². The average Bonchev–Trinajstić information content (AvgIpc) is 2.56. The molecule has 0 spiro atoms. The standard InChI is InChI=1S/C18H19ClN2O4S/c1-26(24,25)14-7-8-15(19)16(12-14)21-17(22)9-10-20-18(23)11-13-5-3-2-4-6-13/h2-8,12H,9-11H2,1H3,(H,20,23)(H,21,22). The summed E-state index contributed by atoms with van der Waals surface area (Å²) in [4.78, 5) is 23.9. The molecule has 138 valence electrons. The Bertz CT molecular complexity index is 899. The number of halogens is 1. The van der Waals surface area contributed by atoms with Crippen LogP contribution >= 0.6 is 11.6 Å². The maximum Gasteiger partial charge on any atom is 0.226 e. The van der Waals surface area contributed by atoms with Gasteiger partial charge in [0.2, 0.25) is 11.8 Å². The quantitative estimate of drug-likeness (QED) is 0.754. The predicted molar refractivity (Wildman–Crippen MR) is 101 cm³/mol. The molecule has 2 amide bonds. The van der Waals surface area contributed by atoms with Crippen LogP contribution in [0.2, 0.25) is 5.02 Å². The number of carbonyl (C=O) groups excluding carboxylic acids is 2. The monoisotopic (exact) mass is 394 g/mol. The fourth-order valence-electron chi connectivity index (χ4n) is 2.20. The SMILES string of the molecule is CS(=O)(=O)c1ccc(Cl)c(NC(=O)CCNC(=O)Cc2ccccc2)c1. The van der Waals surface area contributed by atoms with Crippen molar-refractivity contribution < 1.29 is 18.0 Å². The van der Waals surface area contributed by atoms with Crippen molar-refractivity contribution in [2.75, 3.05) is 18.1 Å². The van der Waals surface area contributed by atoms with Crippen LogP contribution in [0.25, 0.3) is 0 Å². The fraction of sp³-hybridized carbons (Fsp3) is 0.222. The minimum atomic E-state index is -3.40. The van der Waals surface area contributed by atoms with Crippen LogP contribution in [0.5, 0.6) is 0 Å². The summed E-state index contributed by atoms with van der Waals surface area (Å²) in [7, 11) is -3.40. The zero-order valence-corrected chi connectivity index (χ0v) is 15.7. The van der Waals surface area contributed by atoms with E-state index in [4.69, 9.17) is 11.6 Å². The van der Waals surface area contributed by atoms with Gasteiger partial charge in [-0.3, -0.25) is 9.59 Å². The molecule has 8 heteroatoms. The van der Waals surface area contributed by atoms with Crippen LogP contribution in [0, 0.1) is 0 Å². The molecule has 0 aromatic heterocycles. The van der Waals surface area contributed by atoms with Crippen molar-refractivity contribution in [1.29, 1.82) is 0 Å². The van der Waals surface area contributed by atoms with Crippen molar-refractivity contribution >= 4 is 38.9 Å². The number of carbonyl (C=O) groups is 2. The molecule has 6 nitrogen and oxygen atoms in total. The number of amides is 2. The molecule has 0 unspecified atom stereocenters. The average molecular weight is 395 g/mol. The van der Waals surface area contributed by atoms with Gasteiger partial charge in [0.25, 0.3) is 0 Å². The van der Waals surface area contributed by atoms with Gasteiger partial charge in [-0.05, 0) is 23.8 Å². The largest absolute Gasteiger partial charge is 0.355 e. The molecule has 0 aliphatic rings. The van der Waals surface area contributed by atoms with Crippen molar-refractivity contribution in [3.05, 3.63) is 59.1 Å². The molecular weight excluding hydrogens is 376 g/mol. The smallest absolute Gasteiger partial charge is 0.226 e. The van der Waals surface area contributed by atoms with Crippen molar-refractivity contribution in [3.8, 4) is 0 Å². The third-order valence-corrected chi connectivity index (χ3v) is 4.96. The molecule has 0 atom stereocenters. The van der Waals surface area contributed by atoms with Crippen molar-refractivity contribution in [2.45, 2.75) is 17.7 Å². The van der Waals surface area contributed by atoms with E-state index in [9.17, 15) is 18.0 Å². The van der Waals surface area contributed by atoms with Gasteiger partial charge in [0, 0.05) is 19.2 Å². The van der Waals surface area contributed by atoms with E-state index in [1.165, 1.54) is 18.2 Å². The molecule has 2 rings (SSSR count). The van der Waals surface area contributed by atoms with Gasteiger partial charge in [0.1, 0.15) is 0 Å². The number of benzene rings is 2. The number of nitrogens with one attached hydrogen (secondary N) is 2. The van der Waals surface area contributed by atoms with Crippen LogP contribution in [0.1, 0.15) is 12.0 Å². The topological polar surface area (TPSA) is 92.3 Å². The molecule has 0 heterocycles. The lowest BCUT2D eigenvalue weighted by atomic mass is 10.1. The minimum absolute atomic E-state index is 0.0416. The Hall–Kier alpha value is -2.38. The Balaban J connectivity index is 1.85. The predicted octanol–water partition coefficient (Wildman–Crippen LogP) is 2.43. The summed E-state index contributed by atoms with van der Waals surface area (Å²) >= 11 is 5.99. The Morgan fingerprint density at radius 3 is 2.38 bits per heavy atom. The Kier molecular flexibility index (Phi) is 6.76. The second kappa shape index (κ2) is 8.82. The molecule has 0 fully saturated rings. The Labute approximate surface area is 157 Å². The molecule has 0 radical (unpaired) electrons. The summed E-state index contributed by atoms with van der Waals surface area (Å²) in [6.45, 7) is 0.168. The van der Waals surface area contributed by atoms with E-state index in [0.717, 1.165) is 11.8 Å². The van der Waals surface area contributed by atoms with Gasteiger partial charge in [-0.2, -0.15) is 0 Å². The molecule has 2 aromatic rings. The highest BCUT2D eigenvalue weighted by atomic mass is 35.5. The highest BCUT2D eigenvalue weighted by Gasteiger charge is 2.12. The third kappa shape index (κ3) is 6.16. The number of rotatable bonds is 7. The normalized spacial score (nSPS) is 11.0. The number of hydrogen-bond donors (Lipinski definition) is 2. The maximum absolute atomic E-state index is 12.0. The van der Waals surface area contributed by atoms with E-state index in [0.29, 0.717) is 0 Å². The lowest BCUT2D eigenvalue weighted by Gasteiger charge is -2.09. The van der Waals surface area contributed by atoms with E-state index in [2.05, 4.69) is 10.6 Å². The summed E-state index contributed by atoms with van der Waals surface area (Å²) < 4.78 is 23.2. The number of anilines is 1.